The summed E-state index contributed by atoms with van der Waals surface area (Å²) in [5, 5.41) is 3.45. The van der Waals surface area contributed by atoms with Crippen LogP contribution < -0.4 is 19.7 Å². The molecule has 2 amide bonds. The number of anilines is 1. The lowest BCUT2D eigenvalue weighted by atomic mass is 10.1. The van der Waals surface area contributed by atoms with Crippen LogP contribution in [0.2, 0.25) is 5.02 Å². The predicted molar refractivity (Wildman–Crippen MR) is 103 cm³/mol. The molecule has 1 aliphatic rings. The van der Waals surface area contributed by atoms with Crippen LogP contribution in [0.25, 0.3) is 0 Å². The zero-order valence-electron chi connectivity index (χ0n) is 15.2. The van der Waals surface area contributed by atoms with E-state index in [0.29, 0.717) is 35.3 Å². The zero-order valence-corrected chi connectivity index (χ0v) is 16.0. The molecule has 1 fully saturated rings. The lowest BCUT2D eigenvalue weighted by Gasteiger charge is -2.17. The van der Waals surface area contributed by atoms with E-state index in [4.69, 9.17) is 21.1 Å². The average Bonchev–Trinajstić information content (AvgIpc) is 3.07. The fraction of sp³-hybridized carbons (Fsp3) is 0.300. The van der Waals surface area contributed by atoms with Gasteiger partial charge in [0.2, 0.25) is 11.8 Å². The van der Waals surface area contributed by atoms with Gasteiger partial charge in [0.15, 0.2) is 11.5 Å². The molecular formula is C20H21ClN2O4. The van der Waals surface area contributed by atoms with Crippen molar-refractivity contribution in [2.75, 3.05) is 25.7 Å². The summed E-state index contributed by atoms with van der Waals surface area (Å²) in [5.41, 5.74) is 1.60. The maximum Gasteiger partial charge on any atom is 0.227 e. The Labute approximate surface area is 163 Å². The van der Waals surface area contributed by atoms with Crippen LogP contribution in [0.3, 0.4) is 0 Å². The van der Waals surface area contributed by atoms with Crippen molar-refractivity contribution in [2.24, 2.45) is 5.92 Å². The van der Waals surface area contributed by atoms with Gasteiger partial charge in [0.1, 0.15) is 0 Å². The second-order valence-electron chi connectivity index (χ2n) is 6.29. The molecule has 1 unspecified atom stereocenters. The van der Waals surface area contributed by atoms with E-state index in [-0.39, 0.29) is 18.2 Å². The first kappa shape index (κ1) is 19.0. The number of rotatable bonds is 6. The van der Waals surface area contributed by atoms with Gasteiger partial charge in [-0.2, -0.15) is 0 Å². The molecule has 142 valence electrons. The second kappa shape index (κ2) is 8.31. The van der Waals surface area contributed by atoms with Crippen LogP contribution >= 0.6 is 11.6 Å². The monoisotopic (exact) mass is 388 g/mol. The van der Waals surface area contributed by atoms with E-state index < -0.39 is 5.92 Å². The number of nitrogens with zero attached hydrogens (tertiary/aromatic N) is 1. The van der Waals surface area contributed by atoms with Crippen molar-refractivity contribution in [3.8, 4) is 11.5 Å². The average molecular weight is 389 g/mol. The van der Waals surface area contributed by atoms with Gasteiger partial charge in [0.05, 0.1) is 20.1 Å². The molecule has 6 nitrogen and oxygen atoms in total. The highest BCUT2D eigenvalue weighted by atomic mass is 35.5. The third-order valence-corrected chi connectivity index (χ3v) is 4.77. The van der Waals surface area contributed by atoms with Gasteiger partial charge in [-0.3, -0.25) is 9.59 Å². The molecule has 0 spiro atoms. The summed E-state index contributed by atoms with van der Waals surface area (Å²) in [6, 6.07) is 12.5. The minimum atomic E-state index is -0.392. The van der Waals surface area contributed by atoms with Crippen LogP contribution in [0.5, 0.6) is 11.5 Å². The predicted octanol–water partition coefficient (Wildman–Crippen LogP) is 3.03. The van der Waals surface area contributed by atoms with E-state index in [1.807, 2.05) is 18.2 Å². The summed E-state index contributed by atoms with van der Waals surface area (Å²) in [6.07, 6.45) is 0.185. The molecule has 1 N–H and O–H groups in total. The van der Waals surface area contributed by atoms with Crippen molar-refractivity contribution < 1.29 is 19.1 Å². The Bertz CT molecular complexity index is 856. The number of nitrogens with one attached hydrogen (secondary N) is 1. The van der Waals surface area contributed by atoms with E-state index in [1.165, 1.54) is 0 Å². The Morgan fingerprint density at radius 1 is 1.19 bits per heavy atom. The molecule has 1 atom stereocenters. The van der Waals surface area contributed by atoms with Crippen LogP contribution in [0.1, 0.15) is 12.0 Å². The van der Waals surface area contributed by atoms with E-state index in [0.717, 1.165) is 5.56 Å². The quantitative estimate of drug-likeness (QED) is 0.826. The van der Waals surface area contributed by atoms with Gasteiger partial charge in [0.25, 0.3) is 0 Å². The molecule has 1 aliphatic heterocycles. The second-order valence-corrected chi connectivity index (χ2v) is 6.73. The van der Waals surface area contributed by atoms with E-state index in [2.05, 4.69) is 5.32 Å². The maximum absolute atomic E-state index is 12.5. The molecule has 1 heterocycles. The number of benzene rings is 2. The highest BCUT2D eigenvalue weighted by Crippen LogP contribution is 2.29. The number of carbonyl (C=O) groups excluding carboxylic acids is 2. The molecule has 27 heavy (non-hydrogen) atoms. The molecule has 0 aliphatic carbocycles. The summed E-state index contributed by atoms with van der Waals surface area (Å²) in [5.74, 6) is 0.612. The topological polar surface area (TPSA) is 67.9 Å². The molecule has 2 aromatic rings. The Morgan fingerprint density at radius 3 is 2.67 bits per heavy atom. The van der Waals surface area contributed by atoms with Crippen LogP contribution in [0.15, 0.2) is 42.5 Å². The van der Waals surface area contributed by atoms with Gasteiger partial charge in [-0.25, -0.2) is 0 Å². The first-order valence-corrected chi connectivity index (χ1v) is 8.94. The number of methoxy groups -OCH3 is 2. The first-order chi connectivity index (χ1) is 13.0. The van der Waals surface area contributed by atoms with Gasteiger partial charge in [-0.05, 0) is 35.9 Å². The number of carbonyl (C=O) groups is 2. The minimum absolute atomic E-state index is 0.0801. The molecule has 0 bridgehead atoms. The lowest BCUT2D eigenvalue weighted by Crippen LogP contribution is -2.32. The molecule has 0 saturated carbocycles. The molecule has 3 rings (SSSR count). The third kappa shape index (κ3) is 4.34. The summed E-state index contributed by atoms with van der Waals surface area (Å²) >= 11 is 6.00. The third-order valence-electron chi connectivity index (χ3n) is 4.53. The molecular weight excluding hydrogens is 368 g/mol. The van der Waals surface area contributed by atoms with Gasteiger partial charge in [-0.15, -0.1) is 0 Å². The highest BCUT2D eigenvalue weighted by Gasteiger charge is 2.35. The summed E-state index contributed by atoms with van der Waals surface area (Å²) in [4.78, 5) is 26.4. The van der Waals surface area contributed by atoms with E-state index in [1.54, 1.807) is 43.4 Å². The Morgan fingerprint density at radius 2 is 1.96 bits per heavy atom. The van der Waals surface area contributed by atoms with Crippen LogP contribution in [-0.2, 0) is 16.1 Å². The largest absolute Gasteiger partial charge is 0.493 e. The van der Waals surface area contributed by atoms with Crippen LogP contribution in [0, 0.1) is 5.92 Å². The van der Waals surface area contributed by atoms with Crippen LogP contribution in [0.4, 0.5) is 5.69 Å². The van der Waals surface area contributed by atoms with Gasteiger partial charge < -0.3 is 19.7 Å². The fourth-order valence-electron chi connectivity index (χ4n) is 3.10. The van der Waals surface area contributed by atoms with Crippen molar-refractivity contribution in [2.45, 2.75) is 13.0 Å². The zero-order chi connectivity index (χ0) is 19.4. The molecule has 0 radical (unpaired) electrons. The van der Waals surface area contributed by atoms with Crippen molar-refractivity contribution in [3.63, 3.8) is 0 Å². The van der Waals surface area contributed by atoms with Crippen molar-refractivity contribution >= 4 is 29.1 Å². The lowest BCUT2D eigenvalue weighted by molar-refractivity contribution is -0.126. The summed E-state index contributed by atoms with van der Waals surface area (Å²) in [7, 11) is 3.14. The summed E-state index contributed by atoms with van der Waals surface area (Å²) in [6.45, 7) is 0.692. The Hall–Kier alpha value is -2.73. The van der Waals surface area contributed by atoms with Gasteiger partial charge in [0, 0.05) is 30.2 Å². The van der Waals surface area contributed by atoms with Crippen molar-refractivity contribution in [1.82, 2.24) is 5.32 Å². The SMILES string of the molecule is COc1ccc(CNC(=O)C2CC(=O)N(c3cccc(Cl)c3)C2)cc1OC. The standard InChI is InChI=1S/C20H21ClN2O4/c1-26-17-7-6-13(8-18(17)27-2)11-22-20(25)14-9-19(24)23(12-14)16-5-3-4-15(21)10-16/h3-8,10,14H,9,11-12H2,1-2H3,(H,22,25). The van der Waals surface area contributed by atoms with Crippen LogP contribution in [-0.4, -0.2) is 32.6 Å². The number of hydrogen-bond acceptors (Lipinski definition) is 4. The van der Waals surface area contributed by atoms with E-state index in [9.17, 15) is 9.59 Å². The minimum Gasteiger partial charge on any atom is -0.493 e. The first-order valence-electron chi connectivity index (χ1n) is 8.56. The number of halogens is 1. The maximum atomic E-state index is 12.5. The van der Waals surface area contributed by atoms with Crippen molar-refractivity contribution in [3.05, 3.63) is 53.1 Å². The molecule has 7 heteroatoms. The normalized spacial score (nSPS) is 16.3. The fourth-order valence-corrected chi connectivity index (χ4v) is 3.29. The Balaban J connectivity index is 1.61. The van der Waals surface area contributed by atoms with Gasteiger partial charge in [-0.1, -0.05) is 23.7 Å². The smallest absolute Gasteiger partial charge is 0.227 e. The van der Waals surface area contributed by atoms with Gasteiger partial charge >= 0.3 is 0 Å². The molecule has 2 aromatic carbocycles. The number of hydrogen-bond donors (Lipinski definition) is 1. The Kier molecular flexibility index (Phi) is 5.86. The summed E-state index contributed by atoms with van der Waals surface area (Å²) < 4.78 is 10.5. The number of amides is 2. The molecule has 1 saturated heterocycles. The highest BCUT2D eigenvalue weighted by molar-refractivity contribution is 6.31. The van der Waals surface area contributed by atoms with E-state index >= 15 is 0 Å². The number of ether oxygens (including phenoxy) is 2. The molecule has 0 aromatic heterocycles. The van der Waals surface area contributed by atoms with Crippen molar-refractivity contribution in [1.29, 1.82) is 0 Å².